The molecule has 1 saturated heterocycles. The summed E-state index contributed by atoms with van der Waals surface area (Å²) in [5.74, 6) is 3.24. The molecule has 1 aromatic carbocycles. The highest BCUT2D eigenvalue weighted by Gasteiger charge is 2.53. The molecule has 1 N–H and O–H groups in total. The fourth-order valence-corrected chi connectivity index (χ4v) is 7.21. The second-order valence-corrected chi connectivity index (χ2v) is 10.3. The third kappa shape index (κ3) is 3.50. The number of ether oxygens (including phenoxy) is 1. The SMILES string of the molecule is CCOc1ccc(N2C[C@H](C(=O)N[C@@H](C)C34CC5CC(CC(C5)C3)C4)CC2=O)cc1. The molecule has 4 bridgehead atoms. The Kier molecular flexibility index (Phi) is 5.03. The van der Waals surface area contributed by atoms with E-state index in [1.54, 1.807) is 4.90 Å². The number of hydrogen-bond donors (Lipinski definition) is 1. The normalized spacial score (nSPS) is 35.5. The van der Waals surface area contributed by atoms with E-state index in [2.05, 4.69) is 12.2 Å². The topological polar surface area (TPSA) is 58.6 Å². The monoisotopic (exact) mass is 410 g/mol. The van der Waals surface area contributed by atoms with Gasteiger partial charge in [0.05, 0.1) is 12.5 Å². The quantitative estimate of drug-likeness (QED) is 0.766. The van der Waals surface area contributed by atoms with Crippen molar-refractivity contribution in [2.24, 2.45) is 29.1 Å². The summed E-state index contributed by atoms with van der Waals surface area (Å²) in [6.45, 7) is 5.25. The summed E-state index contributed by atoms with van der Waals surface area (Å²) >= 11 is 0. The van der Waals surface area contributed by atoms with Crippen LogP contribution in [-0.4, -0.2) is 31.0 Å². The second-order valence-electron chi connectivity index (χ2n) is 10.3. The molecule has 5 fully saturated rings. The lowest BCUT2D eigenvalue weighted by atomic mass is 9.48. The Bertz CT molecular complexity index is 783. The highest BCUT2D eigenvalue weighted by molar-refractivity contribution is 6.00. The molecule has 0 radical (unpaired) electrons. The molecule has 0 aromatic heterocycles. The summed E-state index contributed by atoms with van der Waals surface area (Å²) in [6, 6.07) is 7.78. The van der Waals surface area contributed by atoms with Crippen molar-refractivity contribution in [3.8, 4) is 5.75 Å². The van der Waals surface area contributed by atoms with Crippen molar-refractivity contribution in [3.63, 3.8) is 0 Å². The molecule has 2 amide bonds. The van der Waals surface area contributed by atoms with E-state index in [1.165, 1.54) is 38.5 Å². The molecular weight excluding hydrogens is 376 g/mol. The van der Waals surface area contributed by atoms with E-state index >= 15 is 0 Å². The molecule has 5 nitrogen and oxygen atoms in total. The van der Waals surface area contributed by atoms with Crippen LogP contribution in [0.3, 0.4) is 0 Å². The number of benzene rings is 1. The maximum atomic E-state index is 13.1. The fourth-order valence-electron chi connectivity index (χ4n) is 7.21. The smallest absolute Gasteiger partial charge is 0.227 e. The van der Waals surface area contributed by atoms with E-state index in [0.29, 0.717) is 25.0 Å². The van der Waals surface area contributed by atoms with Gasteiger partial charge in [0.2, 0.25) is 11.8 Å². The highest BCUT2D eigenvalue weighted by atomic mass is 16.5. The van der Waals surface area contributed by atoms with Gasteiger partial charge in [-0.15, -0.1) is 0 Å². The Balaban J connectivity index is 1.22. The summed E-state index contributed by atoms with van der Waals surface area (Å²) in [6.07, 6.45) is 8.37. The molecule has 5 aliphatic rings. The first-order valence-electron chi connectivity index (χ1n) is 11.8. The Hall–Kier alpha value is -2.04. The largest absolute Gasteiger partial charge is 0.494 e. The lowest BCUT2D eigenvalue weighted by molar-refractivity contribution is -0.130. The standard InChI is InChI=1S/C25H34N2O3/c1-3-30-22-6-4-21(5-7-22)27-15-20(11-23(27)28)24(29)26-16(2)25-12-17-8-18(13-25)10-19(9-17)14-25/h4-7,16-20H,3,8-15H2,1-2H3,(H,26,29)/t16-,17?,18?,19?,20+,25?/m0/s1. The minimum atomic E-state index is -0.263. The van der Waals surface area contributed by atoms with Crippen LogP contribution in [0.25, 0.3) is 0 Å². The van der Waals surface area contributed by atoms with E-state index in [9.17, 15) is 9.59 Å². The van der Waals surface area contributed by atoms with Gasteiger partial charge in [0, 0.05) is 24.7 Å². The van der Waals surface area contributed by atoms with Crippen LogP contribution in [0, 0.1) is 29.1 Å². The Morgan fingerprint density at radius 2 is 1.73 bits per heavy atom. The number of nitrogens with one attached hydrogen (secondary N) is 1. The minimum absolute atomic E-state index is 0.0294. The van der Waals surface area contributed by atoms with Crippen molar-refractivity contribution in [2.75, 3.05) is 18.1 Å². The molecule has 1 aromatic rings. The number of anilines is 1. The summed E-state index contributed by atoms with van der Waals surface area (Å²) < 4.78 is 5.49. The van der Waals surface area contributed by atoms with Gasteiger partial charge in [-0.05, 0) is 99.8 Å². The van der Waals surface area contributed by atoms with Crippen LogP contribution in [0.2, 0.25) is 0 Å². The van der Waals surface area contributed by atoms with Crippen LogP contribution in [0.1, 0.15) is 58.8 Å². The molecule has 0 spiro atoms. The summed E-state index contributed by atoms with van der Waals surface area (Å²) in [7, 11) is 0. The molecule has 1 heterocycles. The Morgan fingerprint density at radius 1 is 1.13 bits per heavy atom. The van der Waals surface area contributed by atoms with Crippen molar-refractivity contribution in [1.82, 2.24) is 5.32 Å². The zero-order valence-electron chi connectivity index (χ0n) is 18.2. The van der Waals surface area contributed by atoms with E-state index in [4.69, 9.17) is 4.74 Å². The van der Waals surface area contributed by atoms with Crippen molar-refractivity contribution in [2.45, 2.75) is 64.8 Å². The van der Waals surface area contributed by atoms with Gasteiger partial charge < -0.3 is 15.0 Å². The summed E-state index contributed by atoms with van der Waals surface area (Å²) in [5.41, 5.74) is 1.13. The van der Waals surface area contributed by atoms with Gasteiger partial charge in [0.1, 0.15) is 5.75 Å². The molecule has 2 atom stereocenters. The van der Waals surface area contributed by atoms with Crippen LogP contribution in [0.15, 0.2) is 24.3 Å². The van der Waals surface area contributed by atoms with E-state index in [0.717, 1.165) is 29.2 Å². The van der Waals surface area contributed by atoms with E-state index in [-0.39, 0.29) is 23.8 Å². The first-order valence-corrected chi connectivity index (χ1v) is 11.8. The Morgan fingerprint density at radius 3 is 2.30 bits per heavy atom. The molecule has 162 valence electrons. The van der Waals surface area contributed by atoms with Crippen LogP contribution < -0.4 is 15.0 Å². The van der Waals surface area contributed by atoms with Crippen molar-refractivity contribution in [3.05, 3.63) is 24.3 Å². The minimum Gasteiger partial charge on any atom is -0.494 e. The van der Waals surface area contributed by atoms with Gasteiger partial charge in [-0.25, -0.2) is 0 Å². The molecule has 0 unspecified atom stereocenters. The highest BCUT2D eigenvalue weighted by Crippen LogP contribution is 2.61. The van der Waals surface area contributed by atoms with Crippen molar-refractivity contribution >= 4 is 17.5 Å². The van der Waals surface area contributed by atoms with Crippen LogP contribution in [-0.2, 0) is 9.59 Å². The predicted octanol–water partition coefficient (Wildman–Crippen LogP) is 4.16. The van der Waals surface area contributed by atoms with Gasteiger partial charge in [0.15, 0.2) is 0 Å². The lowest BCUT2D eigenvalue weighted by Gasteiger charge is -2.59. The van der Waals surface area contributed by atoms with Crippen LogP contribution >= 0.6 is 0 Å². The van der Waals surface area contributed by atoms with Crippen LogP contribution in [0.5, 0.6) is 5.75 Å². The van der Waals surface area contributed by atoms with Gasteiger partial charge in [-0.2, -0.15) is 0 Å². The van der Waals surface area contributed by atoms with E-state index in [1.807, 2.05) is 31.2 Å². The molecule has 30 heavy (non-hydrogen) atoms. The molecule has 1 aliphatic heterocycles. The number of carbonyl (C=O) groups excluding carboxylic acids is 2. The van der Waals surface area contributed by atoms with Crippen molar-refractivity contribution < 1.29 is 14.3 Å². The van der Waals surface area contributed by atoms with Gasteiger partial charge in [0.25, 0.3) is 0 Å². The average Bonchev–Trinajstić information content (AvgIpc) is 3.09. The fraction of sp³-hybridized carbons (Fsp3) is 0.680. The second kappa shape index (κ2) is 7.58. The zero-order valence-corrected chi connectivity index (χ0v) is 18.2. The summed E-state index contributed by atoms with van der Waals surface area (Å²) in [5, 5.41) is 3.36. The first kappa shape index (κ1) is 19.9. The van der Waals surface area contributed by atoms with Gasteiger partial charge in [-0.3, -0.25) is 9.59 Å². The Labute approximate surface area is 179 Å². The van der Waals surface area contributed by atoms with Gasteiger partial charge >= 0.3 is 0 Å². The zero-order chi connectivity index (χ0) is 20.9. The number of nitrogens with zero attached hydrogens (tertiary/aromatic N) is 1. The first-order chi connectivity index (χ1) is 14.5. The third-order valence-electron chi connectivity index (χ3n) is 8.32. The molecule has 4 saturated carbocycles. The number of rotatable bonds is 6. The summed E-state index contributed by atoms with van der Waals surface area (Å²) in [4.78, 5) is 27.5. The number of hydrogen-bond acceptors (Lipinski definition) is 3. The average molecular weight is 411 g/mol. The predicted molar refractivity (Wildman–Crippen MR) is 116 cm³/mol. The van der Waals surface area contributed by atoms with Gasteiger partial charge in [-0.1, -0.05) is 0 Å². The number of carbonyl (C=O) groups is 2. The maximum absolute atomic E-state index is 13.1. The maximum Gasteiger partial charge on any atom is 0.227 e. The number of amides is 2. The third-order valence-corrected chi connectivity index (χ3v) is 8.32. The van der Waals surface area contributed by atoms with Crippen LogP contribution in [0.4, 0.5) is 5.69 Å². The molecule has 5 heteroatoms. The molecular formula is C25H34N2O3. The molecule has 6 rings (SSSR count). The van der Waals surface area contributed by atoms with E-state index < -0.39 is 0 Å². The molecule has 4 aliphatic carbocycles. The van der Waals surface area contributed by atoms with Crippen molar-refractivity contribution in [1.29, 1.82) is 0 Å². The lowest BCUT2D eigenvalue weighted by Crippen LogP contribution is -2.56.